The number of nitrogens with zero attached hydrogens (tertiary/aromatic N) is 4. The first-order chi connectivity index (χ1) is 8.11. The molecule has 2 aromatic rings. The van der Waals surface area contributed by atoms with Gasteiger partial charge < -0.3 is 5.32 Å². The summed E-state index contributed by atoms with van der Waals surface area (Å²) in [6, 6.07) is 0. The highest BCUT2D eigenvalue weighted by atomic mass is 35.5. The summed E-state index contributed by atoms with van der Waals surface area (Å²) in [6.07, 6.45) is 3.45. The van der Waals surface area contributed by atoms with E-state index in [9.17, 15) is 4.39 Å². The number of nitrogens with one attached hydrogen (secondary N) is 1. The van der Waals surface area contributed by atoms with Crippen molar-refractivity contribution >= 4 is 18.1 Å². The normalized spacial score (nSPS) is 10.2. The highest BCUT2D eigenvalue weighted by molar-refractivity contribution is 5.85. The second-order valence-electron chi connectivity index (χ2n) is 3.92. The second-order valence-corrected chi connectivity index (χ2v) is 3.92. The molecule has 2 aromatic heterocycles. The molecule has 0 aliphatic rings. The Morgan fingerprint density at radius 2 is 2.17 bits per heavy atom. The van der Waals surface area contributed by atoms with Crippen LogP contribution >= 0.6 is 12.4 Å². The average molecular weight is 274 g/mol. The third kappa shape index (κ3) is 2.81. The molecule has 0 aliphatic heterocycles. The lowest BCUT2D eigenvalue weighted by Gasteiger charge is -2.02. The zero-order valence-electron chi connectivity index (χ0n) is 10.6. The summed E-state index contributed by atoms with van der Waals surface area (Å²) in [5, 5.41) is 11.3. The Kier molecular flexibility index (Phi) is 4.72. The molecule has 0 radical (unpaired) electrons. The van der Waals surface area contributed by atoms with Crippen LogP contribution < -0.4 is 5.32 Å². The lowest BCUT2D eigenvalue weighted by Crippen LogP contribution is -2.02. The molecule has 0 saturated heterocycles. The molecule has 0 saturated carbocycles. The summed E-state index contributed by atoms with van der Waals surface area (Å²) in [5.74, 6) is -0.307. The Balaban J connectivity index is 0.00000162. The van der Waals surface area contributed by atoms with Crippen LogP contribution in [0.3, 0.4) is 0 Å². The van der Waals surface area contributed by atoms with Crippen molar-refractivity contribution in [3.63, 3.8) is 0 Å². The van der Waals surface area contributed by atoms with E-state index in [-0.39, 0.29) is 18.4 Å². The molecular weight excluding hydrogens is 257 g/mol. The van der Waals surface area contributed by atoms with Gasteiger partial charge >= 0.3 is 0 Å². The molecule has 0 aliphatic carbocycles. The summed E-state index contributed by atoms with van der Waals surface area (Å²) in [5.41, 5.74) is 2.39. The summed E-state index contributed by atoms with van der Waals surface area (Å²) < 4.78 is 16.5. The topological polar surface area (TPSA) is 47.7 Å². The largest absolute Gasteiger partial charge is 0.378 e. The summed E-state index contributed by atoms with van der Waals surface area (Å²) in [7, 11) is 1.58. The molecule has 5 nitrogen and oxygen atoms in total. The molecule has 0 amide bonds. The molecule has 100 valence electrons. The van der Waals surface area contributed by atoms with Crippen LogP contribution in [0.2, 0.25) is 0 Å². The van der Waals surface area contributed by atoms with Crippen molar-refractivity contribution in [3.05, 3.63) is 29.6 Å². The maximum atomic E-state index is 13.5. The molecule has 2 rings (SSSR count). The summed E-state index contributed by atoms with van der Waals surface area (Å²) in [6.45, 7) is 5.19. The van der Waals surface area contributed by atoms with E-state index in [4.69, 9.17) is 0 Å². The molecule has 18 heavy (non-hydrogen) atoms. The van der Waals surface area contributed by atoms with Crippen molar-refractivity contribution in [2.24, 2.45) is 7.05 Å². The Bertz CT molecular complexity index is 519. The second kappa shape index (κ2) is 5.86. The van der Waals surface area contributed by atoms with Gasteiger partial charge in [0.05, 0.1) is 17.6 Å². The zero-order valence-corrected chi connectivity index (χ0v) is 11.5. The fourth-order valence-electron chi connectivity index (χ4n) is 1.63. The first-order valence-electron chi connectivity index (χ1n) is 5.56. The summed E-state index contributed by atoms with van der Waals surface area (Å²) in [4.78, 5) is 0. The predicted molar refractivity (Wildman–Crippen MR) is 70.4 cm³/mol. The number of halogens is 2. The Morgan fingerprint density at radius 3 is 2.67 bits per heavy atom. The van der Waals surface area contributed by atoms with Gasteiger partial charge in [-0.15, -0.1) is 12.4 Å². The first kappa shape index (κ1) is 14.5. The monoisotopic (exact) mass is 273 g/mol. The molecule has 1 N–H and O–H groups in total. The van der Waals surface area contributed by atoms with Gasteiger partial charge in [-0.2, -0.15) is 14.6 Å². The number of anilines is 1. The minimum atomic E-state index is -0.307. The van der Waals surface area contributed by atoms with Crippen LogP contribution in [-0.4, -0.2) is 19.6 Å². The highest BCUT2D eigenvalue weighted by Crippen LogP contribution is 2.14. The SMILES string of the molecule is CCn1cc(NCc2cnn(C)c2F)c(C)n1.Cl. The van der Waals surface area contributed by atoms with E-state index < -0.39 is 0 Å². The number of hydrogen-bond acceptors (Lipinski definition) is 3. The fraction of sp³-hybridized carbons (Fsp3) is 0.455. The third-order valence-electron chi connectivity index (χ3n) is 2.68. The Hall–Kier alpha value is -1.56. The average Bonchev–Trinajstić information content (AvgIpc) is 2.82. The number of hydrogen-bond donors (Lipinski definition) is 1. The van der Waals surface area contributed by atoms with Crippen molar-refractivity contribution in [1.82, 2.24) is 19.6 Å². The van der Waals surface area contributed by atoms with E-state index in [1.165, 1.54) is 10.9 Å². The van der Waals surface area contributed by atoms with Crippen molar-refractivity contribution in [3.8, 4) is 0 Å². The van der Waals surface area contributed by atoms with E-state index in [1.54, 1.807) is 7.05 Å². The van der Waals surface area contributed by atoms with Gasteiger partial charge in [0.25, 0.3) is 0 Å². The minimum Gasteiger partial charge on any atom is -0.378 e. The van der Waals surface area contributed by atoms with Gasteiger partial charge in [-0.1, -0.05) is 0 Å². The van der Waals surface area contributed by atoms with E-state index in [2.05, 4.69) is 15.5 Å². The minimum absolute atomic E-state index is 0. The first-order valence-corrected chi connectivity index (χ1v) is 5.56. The lowest BCUT2D eigenvalue weighted by atomic mass is 10.3. The van der Waals surface area contributed by atoms with Crippen LogP contribution in [0.25, 0.3) is 0 Å². The van der Waals surface area contributed by atoms with Crippen molar-refractivity contribution < 1.29 is 4.39 Å². The quantitative estimate of drug-likeness (QED) is 0.928. The predicted octanol–water partition coefficient (Wildman–Crippen LogP) is 2.12. The van der Waals surface area contributed by atoms with Crippen molar-refractivity contribution in [2.75, 3.05) is 5.32 Å². The van der Waals surface area contributed by atoms with E-state index >= 15 is 0 Å². The van der Waals surface area contributed by atoms with Gasteiger partial charge in [-0.25, -0.2) is 4.68 Å². The van der Waals surface area contributed by atoms with E-state index in [0.717, 1.165) is 17.9 Å². The molecule has 0 unspecified atom stereocenters. The number of aromatic nitrogens is 4. The molecular formula is C11H17ClFN5. The maximum Gasteiger partial charge on any atom is 0.216 e. The molecule has 0 atom stereocenters. The fourth-order valence-corrected chi connectivity index (χ4v) is 1.63. The smallest absolute Gasteiger partial charge is 0.216 e. The van der Waals surface area contributed by atoms with E-state index in [1.807, 2.05) is 24.7 Å². The zero-order chi connectivity index (χ0) is 12.4. The number of rotatable bonds is 4. The molecule has 7 heteroatoms. The molecule has 0 aromatic carbocycles. The van der Waals surface area contributed by atoms with Crippen LogP contribution in [0.5, 0.6) is 0 Å². The van der Waals surface area contributed by atoms with Gasteiger partial charge in [0.1, 0.15) is 0 Å². The van der Waals surface area contributed by atoms with E-state index in [0.29, 0.717) is 12.1 Å². The van der Waals surface area contributed by atoms with Gasteiger partial charge in [0.2, 0.25) is 5.95 Å². The van der Waals surface area contributed by atoms with Crippen LogP contribution in [0, 0.1) is 12.9 Å². The van der Waals surface area contributed by atoms with Gasteiger partial charge in [-0.3, -0.25) is 4.68 Å². The lowest BCUT2D eigenvalue weighted by molar-refractivity contribution is 0.496. The highest BCUT2D eigenvalue weighted by Gasteiger charge is 2.09. The van der Waals surface area contributed by atoms with Crippen LogP contribution in [0.1, 0.15) is 18.2 Å². The van der Waals surface area contributed by atoms with Gasteiger partial charge in [-0.05, 0) is 13.8 Å². The van der Waals surface area contributed by atoms with Crippen molar-refractivity contribution in [2.45, 2.75) is 26.9 Å². The number of aryl methyl sites for hydroxylation is 3. The van der Waals surface area contributed by atoms with Crippen molar-refractivity contribution in [1.29, 1.82) is 0 Å². The Labute approximate surface area is 111 Å². The van der Waals surface area contributed by atoms with Gasteiger partial charge in [0.15, 0.2) is 0 Å². The molecule has 0 fully saturated rings. The molecule has 2 heterocycles. The Morgan fingerprint density at radius 1 is 1.44 bits per heavy atom. The van der Waals surface area contributed by atoms with Crippen LogP contribution in [0.15, 0.2) is 12.4 Å². The van der Waals surface area contributed by atoms with Gasteiger partial charge in [0, 0.05) is 31.9 Å². The van der Waals surface area contributed by atoms with Crippen LogP contribution in [0.4, 0.5) is 10.1 Å². The van der Waals surface area contributed by atoms with Crippen LogP contribution in [-0.2, 0) is 20.1 Å². The maximum absolute atomic E-state index is 13.5. The third-order valence-corrected chi connectivity index (χ3v) is 2.68. The standard InChI is InChI=1S/C11H16FN5.ClH/c1-4-17-7-10(8(2)15-17)13-5-9-6-14-16(3)11(9)12;/h6-7,13H,4-5H2,1-3H3;1H. The molecule has 0 bridgehead atoms. The summed E-state index contributed by atoms with van der Waals surface area (Å²) >= 11 is 0. The molecule has 0 spiro atoms.